The number of aromatic nitrogens is 1. The van der Waals surface area contributed by atoms with E-state index in [1.807, 2.05) is 24.4 Å². The SMILES string of the molecule is CC1(NCc2ccccn2)CCCOC1. The van der Waals surface area contributed by atoms with Gasteiger partial charge in [0.05, 0.1) is 12.3 Å². The van der Waals surface area contributed by atoms with Crippen LogP contribution in [0, 0.1) is 0 Å². The fourth-order valence-electron chi connectivity index (χ4n) is 1.88. The Morgan fingerprint density at radius 1 is 1.53 bits per heavy atom. The molecule has 2 heterocycles. The molecule has 1 N–H and O–H groups in total. The summed E-state index contributed by atoms with van der Waals surface area (Å²) in [6, 6.07) is 6.00. The molecule has 1 aliphatic rings. The molecule has 1 saturated heterocycles. The van der Waals surface area contributed by atoms with Gasteiger partial charge in [-0.2, -0.15) is 0 Å². The molecular weight excluding hydrogens is 188 g/mol. The number of pyridine rings is 1. The summed E-state index contributed by atoms with van der Waals surface area (Å²) in [6.07, 6.45) is 4.16. The number of hydrogen-bond donors (Lipinski definition) is 1. The van der Waals surface area contributed by atoms with Gasteiger partial charge in [0.2, 0.25) is 0 Å². The Balaban J connectivity index is 1.87. The van der Waals surface area contributed by atoms with Crippen molar-refractivity contribution in [2.75, 3.05) is 13.2 Å². The van der Waals surface area contributed by atoms with E-state index in [0.29, 0.717) is 0 Å². The van der Waals surface area contributed by atoms with Gasteiger partial charge in [-0.3, -0.25) is 4.98 Å². The maximum atomic E-state index is 5.49. The molecule has 1 aromatic rings. The first-order valence-electron chi connectivity index (χ1n) is 5.51. The molecule has 1 unspecified atom stereocenters. The van der Waals surface area contributed by atoms with E-state index in [9.17, 15) is 0 Å². The lowest BCUT2D eigenvalue weighted by Gasteiger charge is -2.34. The molecule has 0 radical (unpaired) electrons. The minimum absolute atomic E-state index is 0.121. The van der Waals surface area contributed by atoms with Gasteiger partial charge in [0.15, 0.2) is 0 Å². The van der Waals surface area contributed by atoms with Gasteiger partial charge in [0.25, 0.3) is 0 Å². The summed E-state index contributed by atoms with van der Waals surface area (Å²) in [5, 5.41) is 3.53. The summed E-state index contributed by atoms with van der Waals surface area (Å²) in [7, 11) is 0. The van der Waals surface area contributed by atoms with Crippen LogP contribution in [0.2, 0.25) is 0 Å². The van der Waals surface area contributed by atoms with Crippen LogP contribution < -0.4 is 5.32 Å². The highest BCUT2D eigenvalue weighted by molar-refractivity contribution is 5.04. The van der Waals surface area contributed by atoms with E-state index in [0.717, 1.165) is 31.9 Å². The van der Waals surface area contributed by atoms with Crippen molar-refractivity contribution in [1.82, 2.24) is 10.3 Å². The van der Waals surface area contributed by atoms with Crippen LogP contribution in [0.4, 0.5) is 0 Å². The first-order valence-corrected chi connectivity index (χ1v) is 5.51. The van der Waals surface area contributed by atoms with Crippen molar-refractivity contribution in [1.29, 1.82) is 0 Å². The number of nitrogens with zero attached hydrogens (tertiary/aromatic N) is 1. The molecule has 0 saturated carbocycles. The third kappa shape index (κ3) is 3.01. The van der Waals surface area contributed by atoms with Gasteiger partial charge in [0.1, 0.15) is 0 Å². The molecular formula is C12H18N2O. The quantitative estimate of drug-likeness (QED) is 0.818. The Morgan fingerprint density at radius 2 is 2.47 bits per heavy atom. The van der Waals surface area contributed by atoms with Crippen LogP contribution in [0.1, 0.15) is 25.5 Å². The summed E-state index contributed by atoms with van der Waals surface area (Å²) in [5.74, 6) is 0. The van der Waals surface area contributed by atoms with E-state index < -0.39 is 0 Å². The predicted octanol–water partition coefficient (Wildman–Crippen LogP) is 1.74. The minimum atomic E-state index is 0.121. The van der Waals surface area contributed by atoms with Crippen LogP contribution in [0.5, 0.6) is 0 Å². The molecule has 3 heteroatoms. The Kier molecular flexibility index (Phi) is 3.34. The average molecular weight is 206 g/mol. The van der Waals surface area contributed by atoms with Crippen molar-refractivity contribution in [2.45, 2.75) is 31.8 Å². The number of nitrogens with one attached hydrogen (secondary N) is 1. The largest absolute Gasteiger partial charge is 0.380 e. The molecule has 0 aliphatic carbocycles. The van der Waals surface area contributed by atoms with Crippen LogP contribution in [0.25, 0.3) is 0 Å². The van der Waals surface area contributed by atoms with Gasteiger partial charge >= 0.3 is 0 Å². The number of ether oxygens (including phenoxy) is 1. The van der Waals surface area contributed by atoms with Gasteiger partial charge in [-0.15, -0.1) is 0 Å². The van der Waals surface area contributed by atoms with E-state index in [1.54, 1.807) is 0 Å². The second-order valence-electron chi connectivity index (χ2n) is 4.39. The summed E-state index contributed by atoms with van der Waals surface area (Å²) in [4.78, 5) is 4.29. The molecule has 1 aromatic heterocycles. The predicted molar refractivity (Wildman–Crippen MR) is 59.5 cm³/mol. The van der Waals surface area contributed by atoms with E-state index in [1.165, 1.54) is 6.42 Å². The Morgan fingerprint density at radius 3 is 3.13 bits per heavy atom. The van der Waals surface area contributed by atoms with Crippen molar-refractivity contribution in [3.8, 4) is 0 Å². The smallest absolute Gasteiger partial charge is 0.0645 e. The Labute approximate surface area is 90.9 Å². The van der Waals surface area contributed by atoms with Gasteiger partial charge in [0, 0.05) is 24.9 Å². The highest BCUT2D eigenvalue weighted by Gasteiger charge is 2.26. The van der Waals surface area contributed by atoms with Crippen molar-refractivity contribution in [3.63, 3.8) is 0 Å². The Bertz CT molecular complexity index is 294. The second-order valence-corrected chi connectivity index (χ2v) is 4.39. The summed E-state index contributed by atoms with van der Waals surface area (Å²) in [5.41, 5.74) is 1.21. The van der Waals surface area contributed by atoms with E-state index in [4.69, 9.17) is 4.74 Å². The first kappa shape index (κ1) is 10.6. The van der Waals surface area contributed by atoms with Gasteiger partial charge < -0.3 is 10.1 Å². The van der Waals surface area contributed by atoms with E-state index in [2.05, 4.69) is 17.2 Å². The lowest BCUT2D eigenvalue weighted by molar-refractivity contribution is 0.0276. The molecule has 0 aromatic carbocycles. The molecule has 15 heavy (non-hydrogen) atoms. The highest BCUT2D eigenvalue weighted by Crippen LogP contribution is 2.18. The fraction of sp³-hybridized carbons (Fsp3) is 0.583. The van der Waals surface area contributed by atoms with Crippen molar-refractivity contribution < 1.29 is 4.74 Å². The third-order valence-electron chi connectivity index (χ3n) is 2.86. The zero-order valence-electron chi connectivity index (χ0n) is 9.20. The first-order chi connectivity index (χ1) is 7.29. The summed E-state index contributed by atoms with van der Waals surface area (Å²) in [6.45, 7) is 4.75. The minimum Gasteiger partial charge on any atom is -0.380 e. The molecule has 0 spiro atoms. The van der Waals surface area contributed by atoms with Crippen LogP contribution in [-0.2, 0) is 11.3 Å². The summed E-state index contributed by atoms with van der Waals surface area (Å²) < 4.78 is 5.49. The lowest BCUT2D eigenvalue weighted by Crippen LogP contribution is -2.48. The van der Waals surface area contributed by atoms with Crippen LogP contribution in [0.15, 0.2) is 24.4 Å². The monoisotopic (exact) mass is 206 g/mol. The van der Waals surface area contributed by atoms with Gasteiger partial charge in [-0.25, -0.2) is 0 Å². The van der Waals surface area contributed by atoms with Crippen LogP contribution in [-0.4, -0.2) is 23.7 Å². The highest BCUT2D eigenvalue weighted by atomic mass is 16.5. The van der Waals surface area contributed by atoms with Crippen LogP contribution in [0.3, 0.4) is 0 Å². The number of rotatable bonds is 3. The van der Waals surface area contributed by atoms with E-state index >= 15 is 0 Å². The fourth-order valence-corrected chi connectivity index (χ4v) is 1.88. The molecule has 82 valence electrons. The second kappa shape index (κ2) is 4.73. The van der Waals surface area contributed by atoms with Crippen molar-refractivity contribution in [3.05, 3.63) is 30.1 Å². The van der Waals surface area contributed by atoms with Crippen molar-refractivity contribution in [2.24, 2.45) is 0 Å². The molecule has 0 amide bonds. The van der Waals surface area contributed by atoms with Gasteiger partial charge in [-0.1, -0.05) is 6.07 Å². The molecule has 2 rings (SSSR count). The lowest BCUT2D eigenvalue weighted by atomic mass is 9.95. The molecule has 0 bridgehead atoms. The molecule has 1 fully saturated rings. The van der Waals surface area contributed by atoms with Crippen LogP contribution >= 0.6 is 0 Å². The molecule has 1 aliphatic heterocycles. The van der Waals surface area contributed by atoms with Crippen molar-refractivity contribution >= 4 is 0 Å². The molecule has 1 atom stereocenters. The Hall–Kier alpha value is -0.930. The maximum absolute atomic E-state index is 5.49. The maximum Gasteiger partial charge on any atom is 0.0645 e. The topological polar surface area (TPSA) is 34.2 Å². The van der Waals surface area contributed by atoms with E-state index in [-0.39, 0.29) is 5.54 Å². The normalized spacial score (nSPS) is 26.5. The van der Waals surface area contributed by atoms with Gasteiger partial charge in [-0.05, 0) is 31.9 Å². The summed E-state index contributed by atoms with van der Waals surface area (Å²) >= 11 is 0. The zero-order valence-corrected chi connectivity index (χ0v) is 9.20. The third-order valence-corrected chi connectivity index (χ3v) is 2.86. The zero-order chi connectivity index (χ0) is 10.6. The molecule has 3 nitrogen and oxygen atoms in total. The number of hydrogen-bond acceptors (Lipinski definition) is 3. The standard InChI is InChI=1S/C12H18N2O/c1-12(6-4-8-15-10-12)14-9-11-5-2-3-7-13-11/h2-3,5,7,14H,4,6,8-10H2,1H3. The average Bonchev–Trinajstić information content (AvgIpc) is 2.29.